The lowest BCUT2D eigenvalue weighted by Crippen LogP contribution is -2.28. The van der Waals surface area contributed by atoms with E-state index in [1.54, 1.807) is 19.4 Å². The first-order chi connectivity index (χ1) is 7.46. The number of aryl methyl sites for hydroxylation is 1. The highest BCUT2D eigenvalue weighted by Gasteiger charge is 2.17. The molecule has 90 valence electrons. The highest BCUT2D eigenvalue weighted by atomic mass is 35.5. The molecule has 0 unspecified atom stereocenters. The standard InChI is InChI=1S/C11H18ClN3O/c1-11(2,4-5-12)8-14-9-10(16)15(3)7-6-13-9/h6-7H,4-5,8H2,1-3H3,(H,13,14). The first kappa shape index (κ1) is 13.0. The summed E-state index contributed by atoms with van der Waals surface area (Å²) in [6.07, 6.45) is 4.14. The van der Waals surface area contributed by atoms with Crippen molar-refractivity contribution in [3.8, 4) is 0 Å². The van der Waals surface area contributed by atoms with E-state index in [0.29, 0.717) is 18.2 Å². The van der Waals surface area contributed by atoms with E-state index in [-0.39, 0.29) is 11.0 Å². The van der Waals surface area contributed by atoms with Crippen molar-refractivity contribution in [1.82, 2.24) is 9.55 Å². The number of hydrogen-bond donors (Lipinski definition) is 1. The normalized spacial score (nSPS) is 11.5. The average molecular weight is 244 g/mol. The van der Waals surface area contributed by atoms with Gasteiger partial charge in [0, 0.05) is 31.9 Å². The maximum Gasteiger partial charge on any atom is 0.293 e. The molecule has 0 aliphatic rings. The molecule has 0 aliphatic carbocycles. The SMILES string of the molecule is Cn1ccnc(NCC(C)(C)CCCl)c1=O. The Balaban J connectivity index is 2.68. The van der Waals surface area contributed by atoms with E-state index in [2.05, 4.69) is 24.1 Å². The summed E-state index contributed by atoms with van der Waals surface area (Å²) in [7, 11) is 1.71. The first-order valence-corrected chi connectivity index (χ1v) is 5.81. The van der Waals surface area contributed by atoms with Crippen LogP contribution in [0.3, 0.4) is 0 Å². The van der Waals surface area contributed by atoms with Gasteiger partial charge in [0.1, 0.15) is 0 Å². The Hall–Kier alpha value is -1.03. The fourth-order valence-electron chi connectivity index (χ4n) is 1.29. The monoisotopic (exact) mass is 243 g/mol. The predicted octanol–water partition coefficient (Wildman–Crippen LogP) is 1.85. The maximum atomic E-state index is 11.7. The van der Waals surface area contributed by atoms with Gasteiger partial charge in [-0.1, -0.05) is 13.8 Å². The van der Waals surface area contributed by atoms with Gasteiger partial charge in [0.15, 0.2) is 5.82 Å². The van der Waals surface area contributed by atoms with E-state index >= 15 is 0 Å². The molecule has 0 saturated heterocycles. The van der Waals surface area contributed by atoms with Crippen LogP contribution in [0.2, 0.25) is 0 Å². The summed E-state index contributed by atoms with van der Waals surface area (Å²) in [6, 6.07) is 0. The molecule has 4 nitrogen and oxygen atoms in total. The molecule has 0 fully saturated rings. The molecule has 0 bridgehead atoms. The molecule has 0 aliphatic heterocycles. The molecule has 1 N–H and O–H groups in total. The van der Waals surface area contributed by atoms with Crippen LogP contribution in [0.1, 0.15) is 20.3 Å². The lowest BCUT2D eigenvalue weighted by molar-refractivity contribution is 0.378. The van der Waals surface area contributed by atoms with Gasteiger partial charge in [0.05, 0.1) is 0 Å². The molecule has 1 rings (SSSR count). The Kier molecular flexibility index (Phi) is 4.35. The van der Waals surface area contributed by atoms with Crippen LogP contribution in [-0.2, 0) is 7.05 Å². The van der Waals surface area contributed by atoms with Crippen LogP contribution < -0.4 is 10.9 Å². The van der Waals surface area contributed by atoms with Gasteiger partial charge < -0.3 is 9.88 Å². The third-order valence-electron chi connectivity index (χ3n) is 2.52. The van der Waals surface area contributed by atoms with E-state index in [1.807, 2.05) is 0 Å². The van der Waals surface area contributed by atoms with Crippen molar-refractivity contribution in [2.45, 2.75) is 20.3 Å². The van der Waals surface area contributed by atoms with Gasteiger partial charge in [-0.15, -0.1) is 11.6 Å². The summed E-state index contributed by atoms with van der Waals surface area (Å²) in [4.78, 5) is 15.7. The average Bonchev–Trinajstić information content (AvgIpc) is 2.20. The fraction of sp³-hybridized carbons (Fsp3) is 0.636. The lowest BCUT2D eigenvalue weighted by atomic mass is 9.90. The third-order valence-corrected chi connectivity index (χ3v) is 2.71. The maximum absolute atomic E-state index is 11.7. The molecular weight excluding hydrogens is 226 g/mol. The molecule has 0 spiro atoms. The topological polar surface area (TPSA) is 46.9 Å². The Bertz CT molecular complexity index is 400. The Morgan fingerprint density at radius 2 is 2.25 bits per heavy atom. The van der Waals surface area contributed by atoms with E-state index in [1.165, 1.54) is 4.57 Å². The number of nitrogens with zero attached hydrogens (tertiary/aromatic N) is 2. The van der Waals surface area contributed by atoms with Gasteiger partial charge in [-0.3, -0.25) is 4.79 Å². The zero-order valence-corrected chi connectivity index (χ0v) is 10.7. The van der Waals surface area contributed by atoms with E-state index in [9.17, 15) is 4.79 Å². The summed E-state index contributed by atoms with van der Waals surface area (Å²) in [6.45, 7) is 4.90. The van der Waals surface area contributed by atoms with E-state index in [4.69, 9.17) is 11.6 Å². The molecular formula is C11H18ClN3O. The zero-order valence-electron chi connectivity index (χ0n) is 9.96. The van der Waals surface area contributed by atoms with Crippen molar-refractivity contribution >= 4 is 17.4 Å². The number of halogens is 1. The Labute approximate surface area is 101 Å². The van der Waals surface area contributed by atoms with Gasteiger partial charge in [0.2, 0.25) is 0 Å². The third kappa shape index (κ3) is 3.52. The molecule has 5 heteroatoms. The number of nitrogens with one attached hydrogen (secondary N) is 1. The quantitative estimate of drug-likeness (QED) is 0.803. The highest BCUT2D eigenvalue weighted by Crippen LogP contribution is 2.20. The van der Waals surface area contributed by atoms with Crippen molar-refractivity contribution in [2.24, 2.45) is 12.5 Å². The van der Waals surface area contributed by atoms with E-state index in [0.717, 1.165) is 6.42 Å². The second kappa shape index (κ2) is 5.34. The largest absolute Gasteiger partial charge is 0.365 e. The predicted molar refractivity (Wildman–Crippen MR) is 67.1 cm³/mol. The Morgan fingerprint density at radius 3 is 2.88 bits per heavy atom. The molecule has 0 amide bonds. The number of aromatic nitrogens is 2. The second-order valence-electron chi connectivity index (χ2n) is 4.65. The molecule has 0 atom stereocenters. The summed E-state index contributed by atoms with van der Waals surface area (Å²) >= 11 is 5.72. The number of rotatable bonds is 5. The Morgan fingerprint density at radius 1 is 1.56 bits per heavy atom. The van der Waals surface area contributed by atoms with Crippen LogP contribution in [0, 0.1) is 5.41 Å². The summed E-state index contributed by atoms with van der Waals surface area (Å²) < 4.78 is 1.50. The van der Waals surface area contributed by atoms with Crippen LogP contribution in [0.15, 0.2) is 17.2 Å². The van der Waals surface area contributed by atoms with Crippen LogP contribution in [0.4, 0.5) is 5.82 Å². The lowest BCUT2D eigenvalue weighted by Gasteiger charge is -2.23. The number of anilines is 1. The number of hydrogen-bond acceptors (Lipinski definition) is 3. The molecule has 1 aromatic heterocycles. The minimum absolute atomic E-state index is 0.0598. The minimum atomic E-state index is -0.107. The summed E-state index contributed by atoms with van der Waals surface area (Å²) in [5.74, 6) is 1.02. The van der Waals surface area contributed by atoms with Gasteiger partial charge in [-0.25, -0.2) is 4.98 Å². The van der Waals surface area contributed by atoms with Crippen LogP contribution >= 0.6 is 11.6 Å². The van der Waals surface area contributed by atoms with Crippen molar-refractivity contribution in [3.63, 3.8) is 0 Å². The molecule has 1 aromatic rings. The van der Waals surface area contributed by atoms with Gasteiger partial charge in [-0.05, 0) is 11.8 Å². The van der Waals surface area contributed by atoms with Crippen LogP contribution in [-0.4, -0.2) is 22.0 Å². The summed E-state index contributed by atoms with van der Waals surface area (Å²) in [5.41, 5.74) is -0.0474. The van der Waals surface area contributed by atoms with Gasteiger partial charge in [-0.2, -0.15) is 0 Å². The van der Waals surface area contributed by atoms with Gasteiger partial charge in [0.25, 0.3) is 5.56 Å². The van der Waals surface area contributed by atoms with Crippen molar-refractivity contribution in [1.29, 1.82) is 0 Å². The summed E-state index contributed by atoms with van der Waals surface area (Å²) in [5, 5.41) is 3.08. The van der Waals surface area contributed by atoms with Crippen LogP contribution in [0.25, 0.3) is 0 Å². The van der Waals surface area contributed by atoms with Gasteiger partial charge >= 0.3 is 0 Å². The minimum Gasteiger partial charge on any atom is -0.365 e. The molecule has 0 radical (unpaired) electrons. The van der Waals surface area contributed by atoms with Crippen molar-refractivity contribution < 1.29 is 0 Å². The molecule has 1 heterocycles. The smallest absolute Gasteiger partial charge is 0.293 e. The highest BCUT2D eigenvalue weighted by molar-refractivity contribution is 6.17. The fourth-order valence-corrected chi connectivity index (χ4v) is 1.80. The molecule has 0 saturated carbocycles. The van der Waals surface area contributed by atoms with Crippen LogP contribution in [0.5, 0.6) is 0 Å². The van der Waals surface area contributed by atoms with Crippen molar-refractivity contribution in [2.75, 3.05) is 17.7 Å². The number of alkyl halides is 1. The first-order valence-electron chi connectivity index (χ1n) is 5.28. The second-order valence-corrected chi connectivity index (χ2v) is 5.03. The zero-order chi connectivity index (χ0) is 12.2. The van der Waals surface area contributed by atoms with Crippen molar-refractivity contribution in [3.05, 3.63) is 22.7 Å². The molecule has 16 heavy (non-hydrogen) atoms. The van der Waals surface area contributed by atoms with E-state index < -0.39 is 0 Å². The molecule has 0 aromatic carbocycles.